The molecule has 9 heteroatoms. The first-order valence-corrected chi connectivity index (χ1v) is 7.75. The first-order chi connectivity index (χ1) is 10.1. The van der Waals surface area contributed by atoms with Crippen molar-refractivity contribution >= 4 is 22.9 Å². The molecule has 114 valence electrons. The topological polar surface area (TPSA) is 96.0 Å². The molecule has 0 atom stereocenters. The standard InChI is InChI=1S/C12H17N5O3S/c1-16-10(18)8-9(15-12(16)19)14-11(13-8)21-7-4-17-2-5-20-6-3-17/h2-7H2,1H3,(H,13,14)(H,15,19). The Bertz CT molecular complexity index is 743. The van der Waals surface area contributed by atoms with Gasteiger partial charge in [0.2, 0.25) is 0 Å². The molecule has 0 bridgehead atoms. The van der Waals surface area contributed by atoms with Gasteiger partial charge in [-0.3, -0.25) is 19.2 Å². The van der Waals surface area contributed by atoms with Gasteiger partial charge in [-0.15, -0.1) is 0 Å². The second-order valence-corrected chi connectivity index (χ2v) is 5.95. The highest BCUT2D eigenvalue weighted by atomic mass is 32.2. The molecule has 2 aromatic heterocycles. The number of H-pyrrole nitrogens is 2. The Morgan fingerprint density at radius 3 is 2.81 bits per heavy atom. The zero-order valence-corrected chi connectivity index (χ0v) is 12.5. The molecular formula is C12H17N5O3S. The maximum absolute atomic E-state index is 11.9. The van der Waals surface area contributed by atoms with E-state index in [1.54, 1.807) is 11.8 Å². The minimum Gasteiger partial charge on any atom is -0.379 e. The van der Waals surface area contributed by atoms with Gasteiger partial charge in [0, 0.05) is 32.4 Å². The number of hydrogen-bond donors (Lipinski definition) is 2. The Hall–Kier alpha value is -1.58. The van der Waals surface area contributed by atoms with Crippen molar-refractivity contribution in [3.05, 3.63) is 20.8 Å². The van der Waals surface area contributed by atoms with Gasteiger partial charge in [-0.25, -0.2) is 9.78 Å². The summed E-state index contributed by atoms with van der Waals surface area (Å²) >= 11 is 1.54. The molecule has 0 spiro atoms. The lowest BCUT2D eigenvalue weighted by atomic mass is 10.4. The summed E-state index contributed by atoms with van der Waals surface area (Å²) in [5.41, 5.74) is -0.159. The molecule has 1 aliphatic heterocycles. The predicted molar refractivity (Wildman–Crippen MR) is 79.9 cm³/mol. The van der Waals surface area contributed by atoms with Crippen molar-refractivity contribution in [3.63, 3.8) is 0 Å². The summed E-state index contributed by atoms with van der Waals surface area (Å²) in [6.45, 7) is 4.42. The van der Waals surface area contributed by atoms with Gasteiger partial charge in [0.25, 0.3) is 5.56 Å². The molecule has 8 nitrogen and oxygen atoms in total. The van der Waals surface area contributed by atoms with Gasteiger partial charge in [-0.05, 0) is 0 Å². The lowest BCUT2D eigenvalue weighted by molar-refractivity contribution is 0.0410. The van der Waals surface area contributed by atoms with E-state index in [0.29, 0.717) is 16.3 Å². The Kier molecular flexibility index (Phi) is 4.13. The zero-order valence-electron chi connectivity index (χ0n) is 11.7. The first kappa shape index (κ1) is 14.4. The average molecular weight is 311 g/mol. The molecular weight excluding hydrogens is 294 g/mol. The number of rotatable bonds is 4. The lowest BCUT2D eigenvalue weighted by Crippen LogP contribution is -2.37. The Morgan fingerprint density at radius 2 is 2.05 bits per heavy atom. The average Bonchev–Trinajstić information content (AvgIpc) is 2.89. The van der Waals surface area contributed by atoms with Crippen molar-refractivity contribution in [1.29, 1.82) is 0 Å². The molecule has 1 saturated heterocycles. The highest BCUT2D eigenvalue weighted by Gasteiger charge is 2.12. The largest absolute Gasteiger partial charge is 0.379 e. The fraction of sp³-hybridized carbons (Fsp3) is 0.583. The Labute approximate surface area is 124 Å². The minimum absolute atomic E-state index is 0.317. The predicted octanol–water partition coefficient (Wildman–Crippen LogP) is -0.626. The van der Waals surface area contributed by atoms with Crippen molar-refractivity contribution in [2.45, 2.75) is 5.16 Å². The van der Waals surface area contributed by atoms with Gasteiger partial charge < -0.3 is 9.72 Å². The Morgan fingerprint density at radius 1 is 1.29 bits per heavy atom. The van der Waals surface area contributed by atoms with Crippen LogP contribution in [0.5, 0.6) is 0 Å². The van der Waals surface area contributed by atoms with Gasteiger partial charge in [0.1, 0.15) is 0 Å². The van der Waals surface area contributed by atoms with E-state index in [4.69, 9.17) is 4.74 Å². The molecule has 0 aromatic carbocycles. The summed E-state index contributed by atoms with van der Waals surface area (Å²) in [6.07, 6.45) is 0. The van der Waals surface area contributed by atoms with Crippen LogP contribution in [0, 0.1) is 0 Å². The van der Waals surface area contributed by atoms with Gasteiger partial charge in [0.15, 0.2) is 16.3 Å². The van der Waals surface area contributed by atoms with Crippen LogP contribution < -0.4 is 11.2 Å². The number of ether oxygens (including phenoxy) is 1. The quantitative estimate of drug-likeness (QED) is 0.730. The van der Waals surface area contributed by atoms with Crippen LogP contribution in [0.15, 0.2) is 14.7 Å². The normalized spacial score (nSPS) is 16.6. The van der Waals surface area contributed by atoms with Crippen LogP contribution in [0.1, 0.15) is 0 Å². The fourth-order valence-electron chi connectivity index (χ4n) is 2.21. The summed E-state index contributed by atoms with van der Waals surface area (Å²) in [5.74, 6) is 0.865. The van der Waals surface area contributed by atoms with Crippen molar-refractivity contribution < 1.29 is 4.74 Å². The molecule has 0 unspecified atom stereocenters. The molecule has 3 heterocycles. The fourth-order valence-corrected chi connectivity index (χ4v) is 3.08. The highest BCUT2D eigenvalue weighted by molar-refractivity contribution is 7.99. The number of fused-ring (bicyclic) bond motifs is 1. The molecule has 2 N–H and O–H groups in total. The third-order valence-electron chi connectivity index (χ3n) is 3.48. The van der Waals surface area contributed by atoms with E-state index in [2.05, 4.69) is 19.9 Å². The van der Waals surface area contributed by atoms with E-state index >= 15 is 0 Å². The number of nitrogens with one attached hydrogen (secondary N) is 2. The van der Waals surface area contributed by atoms with E-state index in [1.165, 1.54) is 7.05 Å². The van der Waals surface area contributed by atoms with E-state index in [9.17, 15) is 9.59 Å². The molecule has 0 radical (unpaired) electrons. The van der Waals surface area contributed by atoms with Gasteiger partial charge in [-0.2, -0.15) is 0 Å². The molecule has 1 aliphatic rings. The minimum atomic E-state index is -0.455. The summed E-state index contributed by atoms with van der Waals surface area (Å²) in [7, 11) is 1.44. The van der Waals surface area contributed by atoms with E-state index in [0.717, 1.165) is 43.2 Å². The second kappa shape index (κ2) is 6.04. The van der Waals surface area contributed by atoms with E-state index < -0.39 is 5.69 Å². The van der Waals surface area contributed by atoms with Crippen LogP contribution in [0.25, 0.3) is 11.2 Å². The van der Waals surface area contributed by atoms with Crippen LogP contribution in [0.4, 0.5) is 0 Å². The van der Waals surface area contributed by atoms with E-state index in [-0.39, 0.29) is 5.56 Å². The number of imidazole rings is 1. The van der Waals surface area contributed by atoms with Crippen LogP contribution in [-0.2, 0) is 11.8 Å². The van der Waals surface area contributed by atoms with Crippen LogP contribution >= 0.6 is 11.8 Å². The summed E-state index contributed by atoms with van der Waals surface area (Å²) in [4.78, 5) is 35.6. The number of aromatic amines is 2. The van der Waals surface area contributed by atoms with E-state index in [1.807, 2.05) is 0 Å². The number of hydrogen-bond acceptors (Lipinski definition) is 6. The van der Waals surface area contributed by atoms with Crippen molar-refractivity contribution in [2.24, 2.45) is 7.05 Å². The number of thioether (sulfide) groups is 1. The van der Waals surface area contributed by atoms with Crippen LogP contribution in [-0.4, -0.2) is 63.0 Å². The lowest BCUT2D eigenvalue weighted by Gasteiger charge is -2.26. The Balaban J connectivity index is 1.69. The number of nitrogens with zero attached hydrogens (tertiary/aromatic N) is 3. The zero-order chi connectivity index (χ0) is 14.8. The van der Waals surface area contributed by atoms with Gasteiger partial charge in [-0.1, -0.05) is 11.8 Å². The molecule has 2 aromatic rings. The molecule has 1 fully saturated rings. The van der Waals surface area contributed by atoms with Crippen LogP contribution in [0.2, 0.25) is 0 Å². The highest BCUT2D eigenvalue weighted by Crippen LogP contribution is 2.16. The van der Waals surface area contributed by atoms with Crippen molar-refractivity contribution in [1.82, 2.24) is 24.4 Å². The van der Waals surface area contributed by atoms with Gasteiger partial charge >= 0.3 is 5.69 Å². The molecule has 0 aliphatic carbocycles. The smallest absolute Gasteiger partial charge is 0.329 e. The van der Waals surface area contributed by atoms with Crippen molar-refractivity contribution in [2.75, 3.05) is 38.6 Å². The molecule has 3 rings (SSSR count). The molecule has 21 heavy (non-hydrogen) atoms. The molecule has 0 saturated carbocycles. The summed E-state index contributed by atoms with van der Waals surface area (Å²) in [6, 6.07) is 0. The summed E-state index contributed by atoms with van der Waals surface area (Å²) in [5, 5.41) is 0.650. The van der Waals surface area contributed by atoms with Crippen LogP contribution in [0.3, 0.4) is 0 Å². The van der Waals surface area contributed by atoms with Crippen molar-refractivity contribution in [3.8, 4) is 0 Å². The maximum atomic E-state index is 11.9. The molecule has 0 amide bonds. The second-order valence-electron chi connectivity index (χ2n) is 4.86. The summed E-state index contributed by atoms with van der Waals surface area (Å²) < 4.78 is 6.33. The number of morpholine rings is 1. The van der Waals surface area contributed by atoms with Gasteiger partial charge in [0.05, 0.1) is 13.2 Å². The SMILES string of the molecule is Cn1c(=O)[nH]c2nc(SCCN3CCOCC3)[nH]c2c1=O. The number of aromatic nitrogens is 4. The third kappa shape index (κ3) is 3.04. The third-order valence-corrected chi connectivity index (χ3v) is 4.33. The monoisotopic (exact) mass is 311 g/mol. The maximum Gasteiger partial charge on any atom is 0.329 e. The first-order valence-electron chi connectivity index (χ1n) is 6.77.